The zero-order valence-electron chi connectivity index (χ0n) is 13.0. The molecule has 1 atom stereocenters. The number of likely N-dealkylation sites (N-methyl/N-ethyl adjacent to an activating group) is 2. The number of hydrogen-bond donors (Lipinski definition) is 1. The van der Waals surface area contributed by atoms with Crippen LogP contribution in [-0.4, -0.2) is 66.7 Å². The fourth-order valence-corrected chi connectivity index (χ4v) is 3.93. The normalized spacial score (nSPS) is 20.6. The monoisotopic (exact) mass is 328 g/mol. The van der Waals surface area contributed by atoms with Crippen molar-refractivity contribution in [1.82, 2.24) is 20.1 Å². The third kappa shape index (κ3) is 5.25. The number of piperazine rings is 1. The number of nitrogens with one attached hydrogen (secondary N) is 1. The van der Waals surface area contributed by atoms with E-state index in [1.54, 1.807) is 23.1 Å². The van der Waals surface area contributed by atoms with Crippen LogP contribution in [0.15, 0.2) is 5.38 Å². The first-order valence-corrected chi connectivity index (χ1v) is 9.43. The number of hydrogen-bond acceptors (Lipinski definition) is 6. The maximum atomic E-state index is 12.1. The summed E-state index contributed by atoms with van der Waals surface area (Å²) in [7, 11) is 4.21. The van der Waals surface area contributed by atoms with E-state index < -0.39 is 0 Å². The van der Waals surface area contributed by atoms with Gasteiger partial charge < -0.3 is 15.1 Å². The molecule has 1 aliphatic heterocycles. The summed E-state index contributed by atoms with van der Waals surface area (Å²) in [6.07, 6.45) is 2.63. The number of thioether (sulfide) groups is 1. The van der Waals surface area contributed by atoms with E-state index in [1.165, 1.54) is 0 Å². The summed E-state index contributed by atoms with van der Waals surface area (Å²) < 4.78 is 0. The third-order valence-electron chi connectivity index (χ3n) is 3.74. The highest BCUT2D eigenvalue weighted by atomic mass is 32.2. The van der Waals surface area contributed by atoms with E-state index in [-0.39, 0.29) is 5.91 Å². The predicted octanol–water partition coefficient (Wildman–Crippen LogP) is 1.26. The van der Waals surface area contributed by atoms with Crippen LogP contribution in [0.2, 0.25) is 0 Å². The molecule has 5 nitrogen and oxygen atoms in total. The van der Waals surface area contributed by atoms with Crippen LogP contribution >= 0.6 is 23.1 Å². The highest BCUT2D eigenvalue weighted by molar-refractivity contribution is 7.97. The van der Waals surface area contributed by atoms with Gasteiger partial charge in [-0.05, 0) is 20.4 Å². The van der Waals surface area contributed by atoms with Crippen LogP contribution < -0.4 is 5.32 Å². The van der Waals surface area contributed by atoms with Crippen LogP contribution in [0.5, 0.6) is 0 Å². The number of aromatic nitrogens is 1. The molecule has 1 amide bonds. The Hall–Kier alpha value is -0.630. The number of carbonyl (C=O) groups is 1. The van der Waals surface area contributed by atoms with Gasteiger partial charge in [-0.25, -0.2) is 4.98 Å². The van der Waals surface area contributed by atoms with Gasteiger partial charge in [-0.1, -0.05) is 0 Å². The lowest BCUT2D eigenvalue weighted by Crippen LogP contribution is -2.51. The second-order valence-electron chi connectivity index (χ2n) is 5.54. The van der Waals surface area contributed by atoms with Crippen LogP contribution in [-0.2, 0) is 17.1 Å². The van der Waals surface area contributed by atoms with E-state index in [0.717, 1.165) is 36.1 Å². The number of carbonyl (C=O) groups excluding carboxylic acids is 1. The standard InChI is InChI=1S/C14H24N4OS2/c1-17-4-5-18(2)12(8-17)6-13(19)15-7-11-9-21-14(16-11)10-20-3/h9,12H,4-8,10H2,1-3H3,(H,15,19). The molecule has 0 aliphatic carbocycles. The van der Waals surface area contributed by atoms with E-state index in [0.29, 0.717) is 19.0 Å². The Bertz CT molecular complexity index is 466. The topological polar surface area (TPSA) is 48.5 Å². The summed E-state index contributed by atoms with van der Waals surface area (Å²) in [5.41, 5.74) is 0.964. The summed E-state index contributed by atoms with van der Waals surface area (Å²) >= 11 is 3.43. The van der Waals surface area contributed by atoms with Crippen LogP contribution in [0, 0.1) is 0 Å². The zero-order chi connectivity index (χ0) is 15.2. The minimum absolute atomic E-state index is 0.113. The predicted molar refractivity (Wildman–Crippen MR) is 89.7 cm³/mol. The molecule has 1 saturated heterocycles. The maximum Gasteiger partial charge on any atom is 0.221 e. The van der Waals surface area contributed by atoms with Crippen LogP contribution in [0.1, 0.15) is 17.1 Å². The number of nitrogens with zero attached hydrogens (tertiary/aromatic N) is 3. The van der Waals surface area contributed by atoms with Gasteiger partial charge in [-0.2, -0.15) is 11.8 Å². The molecule has 2 heterocycles. The van der Waals surface area contributed by atoms with Gasteiger partial charge in [0.05, 0.1) is 12.2 Å². The molecule has 1 aromatic heterocycles. The lowest BCUT2D eigenvalue weighted by atomic mass is 10.1. The fraction of sp³-hybridized carbons (Fsp3) is 0.714. The van der Waals surface area contributed by atoms with Gasteiger partial charge in [0.1, 0.15) is 5.01 Å². The molecule has 1 unspecified atom stereocenters. The van der Waals surface area contributed by atoms with Crippen molar-refractivity contribution in [2.45, 2.75) is 24.8 Å². The molecule has 0 saturated carbocycles. The Labute approximate surface area is 135 Å². The molecule has 0 spiro atoms. The van der Waals surface area contributed by atoms with Gasteiger partial charge in [0.25, 0.3) is 0 Å². The Morgan fingerprint density at radius 3 is 3.10 bits per heavy atom. The Morgan fingerprint density at radius 1 is 1.52 bits per heavy atom. The number of rotatable bonds is 6. The van der Waals surface area contributed by atoms with Crippen molar-refractivity contribution in [3.05, 3.63) is 16.1 Å². The smallest absolute Gasteiger partial charge is 0.221 e. The van der Waals surface area contributed by atoms with Gasteiger partial charge in [0.15, 0.2) is 0 Å². The highest BCUT2D eigenvalue weighted by Crippen LogP contribution is 2.15. The van der Waals surface area contributed by atoms with E-state index in [9.17, 15) is 4.79 Å². The van der Waals surface area contributed by atoms with Crippen molar-refractivity contribution in [2.75, 3.05) is 40.0 Å². The molecule has 1 aliphatic rings. The third-order valence-corrected chi connectivity index (χ3v) is 5.38. The van der Waals surface area contributed by atoms with Gasteiger partial charge >= 0.3 is 0 Å². The van der Waals surface area contributed by atoms with Gasteiger partial charge in [0.2, 0.25) is 5.91 Å². The van der Waals surface area contributed by atoms with Crippen molar-refractivity contribution in [3.63, 3.8) is 0 Å². The summed E-state index contributed by atoms with van der Waals surface area (Å²) in [6.45, 7) is 3.60. The first-order valence-electron chi connectivity index (χ1n) is 7.16. The summed E-state index contributed by atoms with van der Waals surface area (Å²) in [5, 5.41) is 6.15. The molecule has 21 heavy (non-hydrogen) atoms. The van der Waals surface area contributed by atoms with Gasteiger partial charge in [-0.3, -0.25) is 4.79 Å². The minimum atomic E-state index is 0.113. The van der Waals surface area contributed by atoms with Crippen LogP contribution in [0.25, 0.3) is 0 Å². The highest BCUT2D eigenvalue weighted by Gasteiger charge is 2.24. The molecule has 1 fully saturated rings. The van der Waals surface area contributed by atoms with Crippen molar-refractivity contribution in [1.29, 1.82) is 0 Å². The van der Waals surface area contributed by atoms with Gasteiger partial charge in [0, 0.05) is 43.2 Å². The summed E-state index contributed by atoms with van der Waals surface area (Å²) in [6, 6.07) is 0.311. The second-order valence-corrected chi connectivity index (χ2v) is 7.35. The van der Waals surface area contributed by atoms with Crippen LogP contribution in [0.3, 0.4) is 0 Å². The first kappa shape index (κ1) is 16.7. The number of thiazole rings is 1. The molecule has 0 aromatic carbocycles. The van der Waals surface area contributed by atoms with Crippen molar-refractivity contribution >= 4 is 29.0 Å². The Balaban J connectivity index is 1.76. The molecule has 7 heteroatoms. The van der Waals surface area contributed by atoms with Crippen molar-refractivity contribution < 1.29 is 4.79 Å². The molecule has 1 N–H and O–H groups in total. The quantitative estimate of drug-likeness (QED) is 0.852. The second kappa shape index (κ2) is 8.12. The van der Waals surface area contributed by atoms with Crippen molar-refractivity contribution in [3.8, 4) is 0 Å². The first-order chi connectivity index (χ1) is 10.1. The number of amides is 1. The molecule has 118 valence electrons. The summed E-state index contributed by atoms with van der Waals surface area (Å²) in [4.78, 5) is 21.2. The van der Waals surface area contributed by atoms with E-state index >= 15 is 0 Å². The van der Waals surface area contributed by atoms with E-state index in [2.05, 4.69) is 40.5 Å². The molecular weight excluding hydrogens is 304 g/mol. The minimum Gasteiger partial charge on any atom is -0.350 e. The van der Waals surface area contributed by atoms with E-state index in [1.807, 2.05) is 5.38 Å². The largest absolute Gasteiger partial charge is 0.350 e. The van der Waals surface area contributed by atoms with Crippen LogP contribution in [0.4, 0.5) is 0 Å². The van der Waals surface area contributed by atoms with Crippen molar-refractivity contribution in [2.24, 2.45) is 0 Å². The lowest BCUT2D eigenvalue weighted by molar-refractivity contribution is -0.122. The zero-order valence-corrected chi connectivity index (χ0v) is 14.6. The molecule has 0 bridgehead atoms. The lowest BCUT2D eigenvalue weighted by Gasteiger charge is -2.37. The van der Waals surface area contributed by atoms with Gasteiger partial charge in [-0.15, -0.1) is 11.3 Å². The average molecular weight is 329 g/mol. The maximum absolute atomic E-state index is 12.1. The fourth-order valence-electron chi connectivity index (χ4n) is 2.42. The molecule has 2 rings (SSSR count). The Morgan fingerprint density at radius 2 is 2.33 bits per heavy atom. The van der Waals surface area contributed by atoms with E-state index in [4.69, 9.17) is 0 Å². The molecule has 0 radical (unpaired) electrons. The average Bonchev–Trinajstić information content (AvgIpc) is 2.89. The SMILES string of the molecule is CSCc1nc(CNC(=O)CC2CN(C)CCN2C)cs1. The molecular formula is C14H24N4OS2. The summed E-state index contributed by atoms with van der Waals surface area (Å²) in [5.74, 6) is 1.05. The Kier molecular flexibility index (Phi) is 6.47. The molecule has 1 aromatic rings.